The maximum Gasteiger partial charge on any atom is 0.333 e. The summed E-state index contributed by atoms with van der Waals surface area (Å²) in [6, 6.07) is 13.2. The lowest BCUT2D eigenvalue weighted by atomic mass is 9.85. The fraction of sp³-hybridized carbons (Fsp3) is 0.367. The number of fused-ring (bicyclic) bond motifs is 1. The second kappa shape index (κ2) is 11.4. The number of hydrogen-bond donors (Lipinski definition) is 3. The van der Waals surface area contributed by atoms with Crippen LogP contribution in [0.1, 0.15) is 59.4 Å². The molecule has 11 heteroatoms. The lowest BCUT2D eigenvalue weighted by Gasteiger charge is -2.29. The van der Waals surface area contributed by atoms with E-state index in [1.807, 2.05) is 28.8 Å². The Morgan fingerprint density at radius 1 is 0.927 bits per heavy atom. The quantitative estimate of drug-likeness (QED) is 0.291. The molecular formula is C30H32ClN7O3. The summed E-state index contributed by atoms with van der Waals surface area (Å²) in [5, 5.41) is 9.49. The van der Waals surface area contributed by atoms with Crippen molar-refractivity contribution >= 4 is 40.3 Å². The Hall–Kier alpha value is -4.18. The van der Waals surface area contributed by atoms with Crippen LogP contribution in [0, 0.1) is 5.92 Å². The van der Waals surface area contributed by atoms with Crippen molar-refractivity contribution in [3.05, 3.63) is 81.6 Å². The molecule has 3 heterocycles. The van der Waals surface area contributed by atoms with Gasteiger partial charge in [0.25, 0.3) is 11.8 Å². The molecule has 2 fully saturated rings. The molecule has 0 spiro atoms. The minimum absolute atomic E-state index is 0.0504. The van der Waals surface area contributed by atoms with Crippen LogP contribution in [0.5, 0.6) is 0 Å². The first-order valence-corrected chi connectivity index (χ1v) is 14.4. The van der Waals surface area contributed by atoms with Gasteiger partial charge in [0, 0.05) is 31.9 Å². The largest absolute Gasteiger partial charge is 0.367 e. The third-order valence-corrected chi connectivity index (χ3v) is 8.15. The summed E-state index contributed by atoms with van der Waals surface area (Å²) in [4.78, 5) is 47.3. The van der Waals surface area contributed by atoms with Crippen LogP contribution in [-0.4, -0.2) is 50.0 Å². The number of imidazole rings is 1. The highest BCUT2D eigenvalue weighted by molar-refractivity contribution is 6.31. The van der Waals surface area contributed by atoms with Gasteiger partial charge in [0.1, 0.15) is 11.5 Å². The molecular weight excluding hydrogens is 542 g/mol. The molecule has 2 aliphatic rings. The fourth-order valence-electron chi connectivity index (χ4n) is 5.57. The first kappa shape index (κ1) is 27.0. The van der Waals surface area contributed by atoms with Crippen molar-refractivity contribution in [1.82, 2.24) is 29.7 Å². The van der Waals surface area contributed by atoms with Crippen molar-refractivity contribution in [1.29, 1.82) is 0 Å². The van der Waals surface area contributed by atoms with Crippen molar-refractivity contribution in [2.45, 2.75) is 57.2 Å². The molecule has 4 aromatic rings. The molecule has 212 valence electrons. The second-order valence-corrected chi connectivity index (χ2v) is 11.3. The molecule has 2 saturated carbocycles. The molecule has 0 aliphatic heterocycles. The van der Waals surface area contributed by atoms with E-state index in [2.05, 4.69) is 25.9 Å². The first-order valence-electron chi connectivity index (χ1n) is 14.0. The molecule has 10 nitrogen and oxygen atoms in total. The topological polar surface area (TPSA) is 123 Å². The van der Waals surface area contributed by atoms with Crippen LogP contribution in [-0.2, 0) is 6.54 Å². The van der Waals surface area contributed by atoms with Crippen LogP contribution >= 0.6 is 11.6 Å². The standard InChI is InChI=1S/C30H32ClN7O3/c1-32-29(40)24-13-12-22(16-33-24)38-26-5-3-2-4-25(26)37(30(38)41)17-18-6-8-21(9-7-18)36-28(39)23-14-19(31)15-34-27(23)35-20-10-11-20/h2-5,12-16,18,20-21H,6-11,17H2,1H3,(H,32,40)(H,34,35)(H,36,39). The van der Waals surface area contributed by atoms with Gasteiger partial charge < -0.3 is 16.0 Å². The predicted molar refractivity (Wildman–Crippen MR) is 158 cm³/mol. The minimum Gasteiger partial charge on any atom is -0.367 e. The van der Waals surface area contributed by atoms with Gasteiger partial charge in [0.15, 0.2) is 0 Å². The normalized spacial score (nSPS) is 18.7. The summed E-state index contributed by atoms with van der Waals surface area (Å²) in [7, 11) is 1.55. The van der Waals surface area contributed by atoms with Crippen molar-refractivity contribution in [3.8, 4) is 5.69 Å². The van der Waals surface area contributed by atoms with Crippen LogP contribution in [0.4, 0.5) is 5.82 Å². The maximum absolute atomic E-state index is 13.7. The Morgan fingerprint density at radius 2 is 1.66 bits per heavy atom. The number of carbonyl (C=O) groups is 2. The molecule has 6 rings (SSSR count). The van der Waals surface area contributed by atoms with E-state index < -0.39 is 0 Å². The zero-order valence-electron chi connectivity index (χ0n) is 22.8. The molecule has 0 saturated heterocycles. The zero-order chi connectivity index (χ0) is 28.5. The average Bonchev–Trinajstić information content (AvgIpc) is 3.77. The molecule has 0 bridgehead atoms. The van der Waals surface area contributed by atoms with Crippen LogP contribution < -0.4 is 21.6 Å². The van der Waals surface area contributed by atoms with Gasteiger partial charge in [-0.3, -0.25) is 18.7 Å². The van der Waals surface area contributed by atoms with Gasteiger partial charge in [0.2, 0.25) is 0 Å². The molecule has 0 unspecified atom stereocenters. The van der Waals surface area contributed by atoms with E-state index in [1.54, 1.807) is 42.2 Å². The van der Waals surface area contributed by atoms with E-state index in [-0.39, 0.29) is 23.5 Å². The van der Waals surface area contributed by atoms with Gasteiger partial charge >= 0.3 is 5.69 Å². The fourth-order valence-corrected chi connectivity index (χ4v) is 5.73. The number of pyridine rings is 2. The molecule has 2 aliphatic carbocycles. The highest BCUT2D eigenvalue weighted by atomic mass is 35.5. The Balaban J connectivity index is 1.15. The number of aromatic nitrogens is 4. The molecule has 3 N–H and O–H groups in total. The molecule has 0 atom stereocenters. The number of halogens is 1. The van der Waals surface area contributed by atoms with E-state index in [9.17, 15) is 14.4 Å². The summed E-state index contributed by atoms with van der Waals surface area (Å²) in [6.07, 6.45) is 8.71. The van der Waals surface area contributed by atoms with E-state index in [0.29, 0.717) is 46.3 Å². The summed E-state index contributed by atoms with van der Waals surface area (Å²) in [5.41, 5.74) is 2.88. The molecule has 1 aromatic carbocycles. The lowest BCUT2D eigenvalue weighted by molar-refractivity contribution is 0.0919. The number of benzene rings is 1. The number of nitrogens with zero attached hydrogens (tertiary/aromatic N) is 4. The maximum atomic E-state index is 13.7. The first-order chi connectivity index (χ1) is 19.9. The van der Waals surface area contributed by atoms with Crippen LogP contribution in [0.15, 0.2) is 59.7 Å². The predicted octanol–water partition coefficient (Wildman–Crippen LogP) is 4.16. The van der Waals surface area contributed by atoms with Gasteiger partial charge in [0.05, 0.1) is 33.5 Å². The van der Waals surface area contributed by atoms with E-state index in [1.165, 1.54) is 0 Å². The smallest absolute Gasteiger partial charge is 0.333 e. The third-order valence-electron chi connectivity index (χ3n) is 7.94. The number of carbonyl (C=O) groups excluding carboxylic acids is 2. The van der Waals surface area contributed by atoms with Crippen molar-refractivity contribution in [2.24, 2.45) is 5.92 Å². The van der Waals surface area contributed by atoms with Crippen LogP contribution in [0.2, 0.25) is 5.02 Å². The third kappa shape index (κ3) is 5.69. The van der Waals surface area contributed by atoms with E-state index >= 15 is 0 Å². The molecule has 2 amide bonds. The highest BCUT2D eigenvalue weighted by Gasteiger charge is 2.28. The van der Waals surface area contributed by atoms with E-state index in [4.69, 9.17) is 11.6 Å². The Morgan fingerprint density at radius 3 is 2.34 bits per heavy atom. The number of hydrogen-bond acceptors (Lipinski definition) is 6. The zero-order valence-corrected chi connectivity index (χ0v) is 23.5. The van der Waals surface area contributed by atoms with Gasteiger partial charge in [-0.1, -0.05) is 23.7 Å². The summed E-state index contributed by atoms with van der Waals surface area (Å²) >= 11 is 6.15. The number of amides is 2. The molecule has 0 radical (unpaired) electrons. The lowest BCUT2D eigenvalue weighted by Crippen LogP contribution is -2.39. The molecule has 41 heavy (non-hydrogen) atoms. The average molecular weight is 574 g/mol. The number of para-hydroxylation sites is 2. The van der Waals surface area contributed by atoms with Gasteiger partial charge in [-0.05, 0) is 74.8 Å². The van der Waals surface area contributed by atoms with Crippen LogP contribution in [0.3, 0.4) is 0 Å². The SMILES string of the molecule is CNC(=O)c1ccc(-n2c(=O)n(CC3CCC(NC(=O)c4cc(Cl)cnc4NC4CC4)CC3)c3ccccc32)cn1. The summed E-state index contributed by atoms with van der Waals surface area (Å²) in [6.45, 7) is 0.588. The number of nitrogens with one attached hydrogen (secondary N) is 3. The number of rotatable bonds is 8. The Kier molecular flexibility index (Phi) is 7.49. The summed E-state index contributed by atoms with van der Waals surface area (Å²) < 4.78 is 3.48. The molecule has 3 aromatic heterocycles. The van der Waals surface area contributed by atoms with Gasteiger partial charge in [-0.25, -0.2) is 14.8 Å². The Bertz CT molecular complexity index is 1650. The van der Waals surface area contributed by atoms with Gasteiger partial charge in [-0.15, -0.1) is 0 Å². The Labute approximate surface area is 242 Å². The van der Waals surface area contributed by atoms with Crippen molar-refractivity contribution < 1.29 is 9.59 Å². The second-order valence-electron chi connectivity index (χ2n) is 10.9. The minimum atomic E-state index is -0.280. The highest BCUT2D eigenvalue weighted by Crippen LogP contribution is 2.29. The van der Waals surface area contributed by atoms with Crippen molar-refractivity contribution in [2.75, 3.05) is 12.4 Å². The van der Waals surface area contributed by atoms with Crippen LogP contribution in [0.25, 0.3) is 16.7 Å². The van der Waals surface area contributed by atoms with Crippen molar-refractivity contribution in [3.63, 3.8) is 0 Å². The van der Waals surface area contributed by atoms with Gasteiger partial charge in [-0.2, -0.15) is 0 Å². The summed E-state index contributed by atoms with van der Waals surface area (Å²) in [5.74, 6) is 0.436. The number of anilines is 1. The monoisotopic (exact) mass is 573 g/mol. The van der Waals surface area contributed by atoms with E-state index in [0.717, 1.165) is 49.6 Å².